The third-order valence-corrected chi connectivity index (χ3v) is 3.33. The van der Waals surface area contributed by atoms with Gasteiger partial charge in [0.1, 0.15) is 0 Å². The van der Waals surface area contributed by atoms with Crippen molar-refractivity contribution < 1.29 is 24.2 Å². The largest absolute Gasteiger partial charge is 0.480 e. The number of aliphatic hydroxyl groups excluding tert-OH is 1. The molecule has 1 unspecified atom stereocenters. The summed E-state index contributed by atoms with van der Waals surface area (Å²) in [4.78, 5) is 30.3. The molecule has 0 spiro atoms. The number of carbonyl (C=O) groups excluding carboxylic acids is 1. The Kier molecular flexibility index (Phi) is 4.59. The van der Waals surface area contributed by atoms with Gasteiger partial charge in [-0.05, 0) is 6.92 Å². The Morgan fingerprint density at radius 3 is 2.62 bits per heavy atom. The second-order valence-corrected chi connectivity index (χ2v) is 5.18. The number of carboxylic acid groups (broad SMARTS) is 1. The molecule has 1 aromatic heterocycles. The number of amides is 1. The number of aliphatic hydroxyl groups is 1. The normalized spacial score (nSPS) is 20.3. The molecule has 0 aliphatic carbocycles. The summed E-state index contributed by atoms with van der Waals surface area (Å²) in [5.74, 6) is -0.696. The molecule has 0 aromatic carbocycles. The summed E-state index contributed by atoms with van der Waals surface area (Å²) < 4.78 is 5.31. The molecule has 2 N–H and O–H groups in total. The Balaban J connectivity index is 2.08. The number of nitrogens with zero attached hydrogens (tertiary/aromatic N) is 3. The van der Waals surface area contributed by atoms with Gasteiger partial charge in [-0.1, -0.05) is 0 Å². The van der Waals surface area contributed by atoms with E-state index in [1.807, 2.05) is 0 Å². The number of aromatic nitrogens is 1. The van der Waals surface area contributed by atoms with Crippen molar-refractivity contribution in [2.24, 2.45) is 0 Å². The first kappa shape index (κ1) is 15.5. The van der Waals surface area contributed by atoms with E-state index < -0.39 is 12.1 Å². The Labute approximate surface area is 122 Å². The molecular formula is C13H19N3O5. The van der Waals surface area contributed by atoms with Gasteiger partial charge in [0.2, 0.25) is 5.76 Å². The first-order chi connectivity index (χ1) is 9.86. The van der Waals surface area contributed by atoms with E-state index in [-0.39, 0.29) is 31.3 Å². The van der Waals surface area contributed by atoms with Crippen molar-refractivity contribution >= 4 is 11.9 Å². The van der Waals surface area contributed by atoms with Crippen LogP contribution in [0.5, 0.6) is 0 Å². The van der Waals surface area contributed by atoms with Crippen LogP contribution in [0, 0.1) is 13.8 Å². The summed E-state index contributed by atoms with van der Waals surface area (Å²) in [6.45, 7) is 4.30. The van der Waals surface area contributed by atoms with Gasteiger partial charge in [0.25, 0.3) is 5.91 Å². The summed E-state index contributed by atoms with van der Waals surface area (Å²) in [7, 11) is 0. The van der Waals surface area contributed by atoms with E-state index in [0.717, 1.165) is 0 Å². The maximum Gasteiger partial charge on any atom is 0.317 e. The van der Waals surface area contributed by atoms with Gasteiger partial charge in [-0.3, -0.25) is 14.5 Å². The number of hydrogen-bond donors (Lipinski definition) is 2. The number of hydrogen-bond acceptors (Lipinski definition) is 6. The van der Waals surface area contributed by atoms with Crippen LogP contribution >= 0.6 is 0 Å². The molecule has 1 saturated heterocycles. The number of aryl methyl sites for hydroxylation is 2. The number of carbonyl (C=O) groups is 2. The van der Waals surface area contributed by atoms with E-state index in [2.05, 4.69) is 4.98 Å². The minimum absolute atomic E-state index is 0.147. The van der Waals surface area contributed by atoms with Crippen molar-refractivity contribution in [3.8, 4) is 0 Å². The number of β-amino-alcohol motifs (C(OH)–C–C–N with tert-alkyl or cyclic N) is 1. The molecule has 1 aromatic rings. The molecule has 8 nitrogen and oxygen atoms in total. The predicted molar refractivity (Wildman–Crippen MR) is 72.0 cm³/mol. The van der Waals surface area contributed by atoms with E-state index in [1.54, 1.807) is 18.7 Å². The zero-order valence-corrected chi connectivity index (χ0v) is 12.1. The van der Waals surface area contributed by atoms with Gasteiger partial charge in [-0.25, -0.2) is 4.98 Å². The average Bonchev–Trinajstić information content (AvgIpc) is 2.60. The predicted octanol–water partition coefficient (Wildman–Crippen LogP) is -0.505. The van der Waals surface area contributed by atoms with Crippen LogP contribution in [-0.2, 0) is 4.79 Å². The first-order valence-corrected chi connectivity index (χ1v) is 6.72. The molecule has 21 heavy (non-hydrogen) atoms. The van der Waals surface area contributed by atoms with Crippen molar-refractivity contribution in [1.82, 2.24) is 14.8 Å². The highest BCUT2D eigenvalue weighted by molar-refractivity contribution is 5.92. The lowest BCUT2D eigenvalue weighted by molar-refractivity contribution is -0.138. The fraction of sp³-hybridized carbons (Fsp3) is 0.615. The number of carboxylic acids is 1. The third kappa shape index (κ3) is 3.79. The molecule has 116 valence electrons. The van der Waals surface area contributed by atoms with Crippen molar-refractivity contribution in [3.05, 3.63) is 17.3 Å². The Bertz CT molecular complexity index is 542. The molecule has 1 aliphatic heterocycles. The molecule has 2 rings (SSSR count). The highest BCUT2D eigenvalue weighted by Crippen LogP contribution is 2.14. The molecule has 1 atom stereocenters. The van der Waals surface area contributed by atoms with Gasteiger partial charge < -0.3 is 19.5 Å². The van der Waals surface area contributed by atoms with Gasteiger partial charge in [0, 0.05) is 33.1 Å². The summed E-state index contributed by atoms with van der Waals surface area (Å²) in [5.41, 5.74) is 0.513. The monoisotopic (exact) mass is 297 g/mol. The van der Waals surface area contributed by atoms with Gasteiger partial charge in [-0.2, -0.15) is 0 Å². The topological polar surface area (TPSA) is 107 Å². The molecule has 0 bridgehead atoms. The molecule has 1 aliphatic rings. The second-order valence-electron chi connectivity index (χ2n) is 5.18. The summed E-state index contributed by atoms with van der Waals surface area (Å²) in [6.07, 6.45) is -0.792. The van der Waals surface area contributed by atoms with Gasteiger partial charge >= 0.3 is 5.97 Å². The fourth-order valence-electron chi connectivity index (χ4n) is 2.45. The van der Waals surface area contributed by atoms with Crippen LogP contribution in [0.2, 0.25) is 0 Å². The molecular weight excluding hydrogens is 278 g/mol. The molecule has 1 amide bonds. The summed E-state index contributed by atoms with van der Waals surface area (Å²) in [5, 5.41) is 18.7. The maximum absolute atomic E-state index is 12.4. The van der Waals surface area contributed by atoms with E-state index in [9.17, 15) is 14.7 Å². The van der Waals surface area contributed by atoms with Crippen LogP contribution in [0.1, 0.15) is 22.1 Å². The highest BCUT2D eigenvalue weighted by Gasteiger charge is 2.28. The number of oxazole rings is 1. The zero-order chi connectivity index (χ0) is 15.6. The van der Waals surface area contributed by atoms with Gasteiger partial charge in [0.05, 0.1) is 18.3 Å². The Hall–Kier alpha value is -1.93. The van der Waals surface area contributed by atoms with Crippen LogP contribution in [0.25, 0.3) is 0 Å². The zero-order valence-electron chi connectivity index (χ0n) is 12.1. The lowest BCUT2D eigenvalue weighted by Crippen LogP contribution is -2.37. The van der Waals surface area contributed by atoms with Crippen molar-refractivity contribution in [3.63, 3.8) is 0 Å². The minimum atomic E-state index is -0.955. The maximum atomic E-state index is 12.4. The summed E-state index contributed by atoms with van der Waals surface area (Å²) >= 11 is 0. The van der Waals surface area contributed by atoms with Crippen molar-refractivity contribution in [2.45, 2.75) is 20.0 Å². The number of rotatable bonds is 3. The smallest absolute Gasteiger partial charge is 0.317 e. The minimum Gasteiger partial charge on any atom is -0.480 e. The van der Waals surface area contributed by atoms with E-state index in [0.29, 0.717) is 24.7 Å². The molecule has 2 heterocycles. The average molecular weight is 297 g/mol. The van der Waals surface area contributed by atoms with E-state index in [1.165, 1.54) is 4.90 Å². The standard InChI is InChI=1S/C13H19N3O5/c1-8-12(21-9(2)14-8)13(20)16-4-3-15(7-11(18)19)5-10(17)6-16/h10,17H,3-7H2,1-2H3,(H,18,19). The lowest BCUT2D eigenvalue weighted by Gasteiger charge is -2.20. The van der Waals surface area contributed by atoms with E-state index >= 15 is 0 Å². The fourth-order valence-corrected chi connectivity index (χ4v) is 2.45. The van der Waals surface area contributed by atoms with Crippen LogP contribution in [0.15, 0.2) is 4.42 Å². The number of aliphatic carboxylic acids is 1. The molecule has 8 heteroatoms. The quantitative estimate of drug-likeness (QED) is 0.774. The van der Waals surface area contributed by atoms with Crippen LogP contribution in [0.4, 0.5) is 0 Å². The SMILES string of the molecule is Cc1nc(C)c(C(=O)N2CCN(CC(=O)O)CC(O)C2)o1. The van der Waals surface area contributed by atoms with Crippen molar-refractivity contribution in [1.29, 1.82) is 0 Å². The van der Waals surface area contributed by atoms with Crippen LogP contribution < -0.4 is 0 Å². The van der Waals surface area contributed by atoms with E-state index in [4.69, 9.17) is 9.52 Å². The molecule has 0 saturated carbocycles. The second kappa shape index (κ2) is 6.23. The van der Waals surface area contributed by atoms with Crippen molar-refractivity contribution in [2.75, 3.05) is 32.7 Å². The van der Waals surface area contributed by atoms with Gasteiger partial charge in [-0.15, -0.1) is 0 Å². The lowest BCUT2D eigenvalue weighted by atomic mass is 10.3. The van der Waals surface area contributed by atoms with Gasteiger partial charge in [0.15, 0.2) is 5.89 Å². The first-order valence-electron chi connectivity index (χ1n) is 6.72. The third-order valence-electron chi connectivity index (χ3n) is 3.33. The van der Waals surface area contributed by atoms with Crippen LogP contribution in [-0.4, -0.2) is 75.7 Å². The Morgan fingerprint density at radius 1 is 1.33 bits per heavy atom. The Morgan fingerprint density at radius 2 is 2.05 bits per heavy atom. The molecule has 1 fully saturated rings. The summed E-state index contributed by atoms with van der Waals surface area (Å²) in [6, 6.07) is 0. The molecule has 0 radical (unpaired) electrons. The highest BCUT2D eigenvalue weighted by atomic mass is 16.4. The van der Waals surface area contributed by atoms with Crippen LogP contribution in [0.3, 0.4) is 0 Å².